The molecule has 0 saturated carbocycles. The summed E-state index contributed by atoms with van der Waals surface area (Å²) in [5, 5.41) is 7.59. The van der Waals surface area contributed by atoms with E-state index in [0.717, 1.165) is 0 Å². The molecule has 0 unspecified atom stereocenters. The third-order valence-corrected chi connectivity index (χ3v) is 13.5. The highest BCUT2D eigenvalue weighted by atomic mass is 127. The molecule has 11 aromatic carbocycles. The Morgan fingerprint density at radius 2 is 0.661 bits per heavy atom. The van der Waals surface area contributed by atoms with Gasteiger partial charge in [0, 0.05) is 7.14 Å². The van der Waals surface area contributed by atoms with Crippen LogP contribution in [0.2, 0.25) is 0 Å². The first kappa shape index (κ1) is 38.6. The highest BCUT2D eigenvalue weighted by Gasteiger charge is 2.25. The van der Waals surface area contributed by atoms with E-state index in [4.69, 9.17) is 0 Å². The molecule has 0 aliphatic heterocycles. The molecule has 292 valence electrons. The van der Waals surface area contributed by atoms with Gasteiger partial charge in [-0.05, 0) is 192 Å². The molecule has 0 saturated heterocycles. The van der Waals surface area contributed by atoms with E-state index in [0.29, 0.717) is 0 Å². The van der Waals surface area contributed by atoms with Crippen molar-refractivity contribution in [3.63, 3.8) is 0 Å². The van der Waals surface area contributed by atoms with Gasteiger partial charge in [0.25, 0.3) is 0 Å². The predicted octanol–water partition coefficient (Wildman–Crippen LogP) is 18.0. The molecule has 11 aromatic rings. The molecule has 2 heteroatoms. The van der Waals surface area contributed by atoms with Gasteiger partial charge in [-0.15, -0.1) is 0 Å². The molecule has 0 aliphatic carbocycles. The molecule has 0 nitrogen and oxygen atoms in total. The lowest BCUT2D eigenvalue weighted by Crippen LogP contribution is -1.97. The first-order valence-electron chi connectivity index (χ1n) is 21.0. The zero-order valence-electron chi connectivity index (χ0n) is 33.7. The van der Waals surface area contributed by atoms with E-state index in [9.17, 15) is 0 Å². The molecular formula is C60H38I2. The SMILES string of the molecule is Ic1ccc2c(c1)c1c(-c3ccccc3)cc(-c3cc(-c4ccccc4)ccc3-c3ccc(-c4ccccc4)cc3)c(-c3ccccc3)c1c1cc(I)cc(-c3ccccc3)c21. The second-order valence-electron chi connectivity index (χ2n) is 15.8. The van der Waals surface area contributed by atoms with Gasteiger partial charge < -0.3 is 0 Å². The summed E-state index contributed by atoms with van der Waals surface area (Å²) >= 11 is 5.04. The second kappa shape index (κ2) is 16.5. The van der Waals surface area contributed by atoms with E-state index in [-0.39, 0.29) is 0 Å². The molecule has 0 bridgehead atoms. The standard InChI is InChI=1S/C60H38I2/c61-47-31-33-50-54(35-47)59-52(43-22-12-4-13-23-43)38-55(57(45-24-14-5-15-25-45)60(59)56-37-48(62)36-51(58(50)56)42-20-10-3-11-21-42)53-34-46(40-18-8-2-9-19-40)30-32-49(53)44-28-26-41(27-29-44)39-16-6-1-7-17-39/h1-38H. The monoisotopic (exact) mass is 1010 g/mol. The van der Waals surface area contributed by atoms with Gasteiger partial charge in [0.05, 0.1) is 0 Å². The van der Waals surface area contributed by atoms with Crippen LogP contribution in [0.15, 0.2) is 231 Å². The van der Waals surface area contributed by atoms with Crippen molar-refractivity contribution in [2.45, 2.75) is 0 Å². The van der Waals surface area contributed by atoms with Crippen molar-refractivity contribution in [3.8, 4) is 77.9 Å². The molecule has 0 heterocycles. The van der Waals surface area contributed by atoms with E-state index in [1.807, 2.05) is 0 Å². The van der Waals surface area contributed by atoms with Gasteiger partial charge in [-0.2, -0.15) is 0 Å². The molecule has 0 fully saturated rings. The lowest BCUT2D eigenvalue weighted by Gasteiger charge is -2.24. The molecule has 0 aromatic heterocycles. The number of benzene rings is 11. The summed E-state index contributed by atoms with van der Waals surface area (Å²) in [5.41, 5.74) is 16.9. The largest absolute Gasteiger partial charge is 0.0622 e. The molecule has 62 heavy (non-hydrogen) atoms. The lowest BCUT2D eigenvalue weighted by molar-refractivity contribution is 1.55. The van der Waals surface area contributed by atoms with Gasteiger partial charge in [0.15, 0.2) is 0 Å². The first-order chi connectivity index (χ1) is 30.6. The fourth-order valence-corrected chi connectivity index (χ4v) is 10.5. The highest BCUT2D eigenvalue weighted by molar-refractivity contribution is 14.1. The Morgan fingerprint density at radius 1 is 0.210 bits per heavy atom. The van der Waals surface area contributed by atoms with Crippen molar-refractivity contribution in [1.29, 1.82) is 0 Å². The van der Waals surface area contributed by atoms with Crippen molar-refractivity contribution < 1.29 is 0 Å². The lowest BCUT2D eigenvalue weighted by atomic mass is 9.79. The fourth-order valence-electron chi connectivity index (χ4n) is 9.38. The highest BCUT2D eigenvalue weighted by Crippen LogP contribution is 2.52. The van der Waals surface area contributed by atoms with Gasteiger partial charge in [0.2, 0.25) is 0 Å². The van der Waals surface area contributed by atoms with E-state index in [1.165, 1.54) is 117 Å². The topological polar surface area (TPSA) is 0 Å². The van der Waals surface area contributed by atoms with Crippen LogP contribution in [0.25, 0.3) is 110 Å². The Labute approximate surface area is 389 Å². The Hall–Kier alpha value is -6.34. The summed E-state index contributed by atoms with van der Waals surface area (Å²) < 4.78 is 2.42. The van der Waals surface area contributed by atoms with Gasteiger partial charge in [0.1, 0.15) is 0 Å². The van der Waals surface area contributed by atoms with Crippen LogP contribution in [-0.4, -0.2) is 0 Å². The Kier molecular flexibility index (Phi) is 10.3. The van der Waals surface area contributed by atoms with Crippen molar-refractivity contribution >= 4 is 77.5 Å². The molecule has 0 atom stereocenters. The van der Waals surface area contributed by atoms with Crippen molar-refractivity contribution in [2.75, 3.05) is 0 Å². The Morgan fingerprint density at radius 3 is 1.26 bits per heavy atom. The van der Waals surface area contributed by atoms with Crippen LogP contribution in [0, 0.1) is 7.14 Å². The number of hydrogen-bond acceptors (Lipinski definition) is 0. The van der Waals surface area contributed by atoms with Gasteiger partial charge >= 0.3 is 0 Å². The first-order valence-corrected chi connectivity index (χ1v) is 23.1. The van der Waals surface area contributed by atoms with E-state index in [2.05, 4.69) is 276 Å². The van der Waals surface area contributed by atoms with Gasteiger partial charge in [-0.3, -0.25) is 0 Å². The minimum atomic E-state index is 1.18. The maximum absolute atomic E-state index is 2.54. The zero-order valence-corrected chi connectivity index (χ0v) is 38.0. The number of hydrogen-bond donors (Lipinski definition) is 0. The molecule has 0 radical (unpaired) electrons. The van der Waals surface area contributed by atoms with Crippen LogP contribution in [0.4, 0.5) is 0 Å². The van der Waals surface area contributed by atoms with Crippen molar-refractivity contribution in [1.82, 2.24) is 0 Å². The van der Waals surface area contributed by atoms with E-state index in [1.54, 1.807) is 0 Å². The average molecular weight is 1010 g/mol. The summed E-state index contributed by atoms with van der Waals surface area (Å²) in [6.45, 7) is 0. The summed E-state index contributed by atoms with van der Waals surface area (Å²) in [6.07, 6.45) is 0. The van der Waals surface area contributed by atoms with Gasteiger partial charge in [-0.1, -0.05) is 194 Å². The van der Waals surface area contributed by atoms with Crippen LogP contribution >= 0.6 is 45.2 Å². The third kappa shape index (κ3) is 7.01. The summed E-state index contributed by atoms with van der Waals surface area (Å²) in [4.78, 5) is 0. The van der Waals surface area contributed by atoms with Crippen LogP contribution in [0.5, 0.6) is 0 Å². The third-order valence-electron chi connectivity index (χ3n) is 12.2. The van der Waals surface area contributed by atoms with Crippen LogP contribution in [0.1, 0.15) is 0 Å². The van der Waals surface area contributed by atoms with Crippen LogP contribution in [-0.2, 0) is 0 Å². The van der Waals surface area contributed by atoms with Crippen molar-refractivity contribution in [2.24, 2.45) is 0 Å². The summed E-state index contributed by atoms with van der Waals surface area (Å²) in [5.74, 6) is 0. The molecular weight excluding hydrogens is 974 g/mol. The summed E-state index contributed by atoms with van der Waals surface area (Å²) in [6, 6.07) is 85.0. The quantitative estimate of drug-likeness (QED) is 0.110. The minimum absolute atomic E-state index is 1.18. The van der Waals surface area contributed by atoms with E-state index >= 15 is 0 Å². The van der Waals surface area contributed by atoms with Gasteiger partial charge in [-0.25, -0.2) is 0 Å². The summed E-state index contributed by atoms with van der Waals surface area (Å²) in [7, 11) is 0. The normalized spacial score (nSPS) is 11.4. The van der Waals surface area contributed by atoms with Crippen LogP contribution < -0.4 is 0 Å². The minimum Gasteiger partial charge on any atom is -0.0622 e. The Balaban J connectivity index is 1.35. The van der Waals surface area contributed by atoms with Crippen LogP contribution in [0.3, 0.4) is 0 Å². The Bertz CT molecular complexity index is 3420. The fraction of sp³-hybridized carbons (Fsp3) is 0. The second-order valence-corrected chi connectivity index (χ2v) is 18.3. The predicted molar refractivity (Wildman–Crippen MR) is 282 cm³/mol. The molecule has 0 aliphatic rings. The maximum atomic E-state index is 2.54. The molecule has 0 spiro atoms. The number of fused-ring (bicyclic) bond motifs is 6. The van der Waals surface area contributed by atoms with Crippen molar-refractivity contribution in [3.05, 3.63) is 238 Å². The molecule has 0 N–H and O–H groups in total. The maximum Gasteiger partial charge on any atom is 0.0143 e. The zero-order chi connectivity index (χ0) is 41.6. The average Bonchev–Trinajstić information content (AvgIpc) is 3.34. The number of halogens is 2. The molecule has 0 amide bonds. The number of rotatable bonds is 7. The van der Waals surface area contributed by atoms with E-state index < -0.39 is 0 Å². The molecule has 11 rings (SSSR count). The smallest absolute Gasteiger partial charge is 0.0143 e.